The van der Waals surface area contributed by atoms with E-state index in [1.807, 2.05) is 71.3 Å². The SMILES string of the molecule is C=N/C(=C(/F)c1nc(OCC23CCCN2C(COC(=O)NCCCCC(=O)N[C@H](C(=O)N2CC(O)C[C@H]2C(=O)N[C@@H](C)c2ccc(-c4scnc4C)cc2)C(C)(C)C)CC3)nc(N2CC3CCC(C2)N3)c1C)c1cc(O)cc2ccc(F)c(CC)c12. The molecule has 8 atom stereocenters. The van der Waals surface area contributed by atoms with E-state index in [1.165, 1.54) is 23.1 Å². The maximum Gasteiger partial charge on any atom is 0.407 e. The van der Waals surface area contributed by atoms with Crippen molar-refractivity contribution in [3.63, 3.8) is 0 Å². The highest BCUT2D eigenvalue weighted by atomic mass is 32.1. The number of rotatable bonds is 21. The number of anilines is 1. The number of nitrogens with zero attached hydrogens (tertiary/aromatic N) is 7. The lowest BCUT2D eigenvalue weighted by molar-refractivity contribution is -0.144. The molecule has 0 radical (unpaired) electrons. The summed E-state index contributed by atoms with van der Waals surface area (Å²) in [6.07, 6.45) is 5.15. The fourth-order valence-corrected chi connectivity index (χ4v) is 14.3. The summed E-state index contributed by atoms with van der Waals surface area (Å²) in [5, 5.41) is 34.9. The fourth-order valence-electron chi connectivity index (χ4n) is 13.5. The van der Waals surface area contributed by atoms with Crippen molar-refractivity contribution in [1.29, 1.82) is 0 Å². The number of carbonyl (C=O) groups is 4. The number of halogens is 2. The molecule has 10 rings (SSSR count). The number of piperazine rings is 1. The zero-order valence-electron chi connectivity index (χ0n) is 50.3. The van der Waals surface area contributed by atoms with Gasteiger partial charge in [-0.2, -0.15) is 9.97 Å². The number of thiazole rings is 1. The standard InChI is InChI=1S/C64H81F2N11O8S/c1-9-47-49(65)21-18-41-27-45(78)28-48(52(41)47)55(67-8)53(66)54-36(2)58(75-30-42-19-20-43(31-75)71-42)74-61(73-54)85-34-64-23-12-26-77(64)44(22-24-64)33-84-62(83)68-25-11-10-13-51(80)72-57(63(5,6)7)60(82)76-32-46(79)29-50(76)59(81)70-37(3)39-14-16-40(17-15-39)56-38(4)69-35-86-56/h14-18,21,27-28,35,37,42-44,46,50,57,71,78-79H,8-13,19-20,22-26,29-34H2,1-7H3,(H,68,83)(H,70,81)(H,72,80)/b55-53+/t37-,42?,43?,44?,46?,50-,57+,64?/m0/s1. The van der Waals surface area contributed by atoms with E-state index in [0.29, 0.717) is 60.1 Å². The van der Waals surface area contributed by atoms with Crippen LogP contribution in [0.25, 0.3) is 32.7 Å². The van der Waals surface area contributed by atoms with Gasteiger partial charge in [0.25, 0.3) is 0 Å². The van der Waals surface area contributed by atoms with Crippen LogP contribution < -0.4 is 30.9 Å². The summed E-state index contributed by atoms with van der Waals surface area (Å²) in [6.45, 7) is 19.3. The van der Waals surface area contributed by atoms with Crippen molar-refractivity contribution in [3.05, 3.63) is 93.5 Å². The highest BCUT2D eigenvalue weighted by Crippen LogP contribution is 2.44. The molecule has 7 heterocycles. The molecule has 5 saturated heterocycles. The average Bonchev–Trinajstić information content (AvgIpc) is 1.80. The molecule has 6 N–H and O–H groups in total. The van der Waals surface area contributed by atoms with Crippen molar-refractivity contribution in [2.24, 2.45) is 10.4 Å². The summed E-state index contributed by atoms with van der Waals surface area (Å²) in [5.74, 6) is -2.04. The predicted molar refractivity (Wildman–Crippen MR) is 328 cm³/mol. The van der Waals surface area contributed by atoms with E-state index in [4.69, 9.17) is 19.4 Å². The molecule has 2 bridgehead atoms. The molecule has 22 heteroatoms. The number of likely N-dealkylation sites (tertiary alicyclic amines) is 1. The molecule has 0 aliphatic carbocycles. The molecule has 4 amide bonds. The van der Waals surface area contributed by atoms with Crippen LogP contribution in [0.4, 0.5) is 19.4 Å². The van der Waals surface area contributed by atoms with E-state index in [9.17, 15) is 29.4 Å². The first-order valence-electron chi connectivity index (χ1n) is 30.2. The number of hydrogen-bond donors (Lipinski definition) is 6. The summed E-state index contributed by atoms with van der Waals surface area (Å²) in [7, 11) is 0. The van der Waals surface area contributed by atoms with Gasteiger partial charge in [-0.25, -0.2) is 18.6 Å². The Morgan fingerprint density at radius 1 is 1.00 bits per heavy atom. The largest absolute Gasteiger partial charge is 0.508 e. The van der Waals surface area contributed by atoms with Crippen molar-refractivity contribution < 1.29 is 47.6 Å². The summed E-state index contributed by atoms with van der Waals surface area (Å²) in [6, 6.07) is 11.8. The Labute approximate surface area is 505 Å². The molecule has 19 nitrogen and oxygen atoms in total. The van der Waals surface area contributed by atoms with Crippen LogP contribution in [0.2, 0.25) is 0 Å². The van der Waals surface area contributed by atoms with Gasteiger partial charge in [-0.3, -0.25) is 24.3 Å². The Bertz CT molecular complexity index is 3380. The van der Waals surface area contributed by atoms with Crippen molar-refractivity contribution in [3.8, 4) is 22.2 Å². The van der Waals surface area contributed by atoms with E-state index >= 15 is 8.78 Å². The van der Waals surface area contributed by atoms with Gasteiger partial charge in [0.05, 0.1) is 33.8 Å². The van der Waals surface area contributed by atoms with Gasteiger partial charge in [0, 0.05) is 68.3 Å². The third kappa shape index (κ3) is 13.2. The Kier molecular flexibility index (Phi) is 18.8. The van der Waals surface area contributed by atoms with Crippen LogP contribution >= 0.6 is 11.3 Å². The molecule has 86 heavy (non-hydrogen) atoms. The van der Waals surface area contributed by atoms with E-state index in [0.717, 1.165) is 66.8 Å². The van der Waals surface area contributed by atoms with Crippen molar-refractivity contribution in [1.82, 2.24) is 46.0 Å². The number of unbranched alkanes of at least 4 members (excludes halogenated alkanes) is 1. The lowest BCUT2D eigenvalue weighted by Crippen LogP contribution is -2.57. The Morgan fingerprint density at radius 2 is 1.76 bits per heavy atom. The molecule has 5 aliphatic heterocycles. The number of ether oxygens (including phenoxy) is 2. The van der Waals surface area contributed by atoms with Gasteiger partial charge in [-0.05, 0) is 143 Å². The number of aryl methyl sites for hydroxylation is 2. The monoisotopic (exact) mass is 1200 g/mol. The van der Waals surface area contributed by atoms with E-state index in [1.54, 1.807) is 24.3 Å². The predicted octanol–water partition coefficient (Wildman–Crippen LogP) is 8.86. The van der Waals surface area contributed by atoms with Gasteiger partial charge < -0.3 is 50.8 Å². The zero-order valence-corrected chi connectivity index (χ0v) is 51.1. The van der Waals surface area contributed by atoms with Crippen LogP contribution in [0.3, 0.4) is 0 Å². The number of aliphatic imine (C=N–C) groups is 1. The smallest absolute Gasteiger partial charge is 0.407 e. The number of phenolic OH excluding ortho intramolecular Hbond substituents is 1. The molecule has 5 fully saturated rings. The van der Waals surface area contributed by atoms with Gasteiger partial charge in [0.15, 0.2) is 5.83 Å². The van der Waals surface area contributed by atoms with Crippen LogP contribution in [0, 0.1) is 25.1 Å². The second-order valence-corrected chi connectivity index (χ2v) is 25.9. The molecule has 460 valence electrons. The minimum absolute atomic E-state index is 0.00359. The quantitative estimate of drug-likeness (QED) is 0.0298. The number of aliphatic hydroxyl groups is 1. The number of benzene rings is 3. The number of carbonyl (C=O) groups excluding carboxylic acids is 4. The first kappa shape index (κ1) is 61.9. The highest BCUT2D eigenvalue weighted by Gasteiger charge is 2.51. The second-order valence-electron chi connectivity index (χ2n) is 25.0. The normalized spacial score (nSPS) is 23.0. The molecule has 5 unspecified atom stereocenters. The van der Waals surface area contributed by atoms with Gasteiger partial charge in [-0.1, -0.05) is 58.0 Å². The van der Waals surface area contributed by atoms with Crippen molar-refractivity contribution in [2.75, 3.05) is 50.8 Å². The fraction of sp³-hybridized carbons (Fsp3) is 0.531. The first-order chi connectivity index (χ1) is 41.1. The Balaban J connectivity index is 0.720. The minimum atomic E-state index is -0.973. The number of nitrogens with one attached hydrogen (secondary N) is 4. The van der Waals surface area contributed by atoms with Crippen LogP contribution in [-0.2, 0) is 25.5 Å². The third-order valence-corrected chi connectivity index (χ3v) is 19.0. The maximum atomic E-state index is 17.5. The van der Waals surface area contributed by atoms with Crippen LogP contribution in [0.1, 0.15) is 139 Å². The maximum absolute atomic E-state index is 17.5. The highest BCUT2D eigenvalue weighted by molar-refractivity contribution is 7.13. The average molecular weight is 1200 g/mol. The minimum Gasteiger partial charge on any atom is -0.508 e. The number of hydrogen-bond acceptors (Lipinski definition) is 16. The zero-order chi connectivity index (χ0) is 61.2. The summed E-state index contributed by atoms with van der Waals surface area (Å²) >= 11 is 1.56. The summed E-state index contributed by atoms with van der Waals surface area (Å²) in [5.41, 5.74) is 4.34. The number of fused-ring (bicyclic) bond motifs is 4. The number of phenols is 1. The van der Waals surface area contributed by atoms with Crippen molar-refractivity contribution in [2.45, 2.75) is 167 Å². The number of aliphatic hydroxyl groups excluding tert-OH is 1. The Morgan fingerprint density at radius 3 is 2.45 bits per heavy atom. The molecule has 0 spiro atoms. The molecule has 3 aromatic carbocycles. The third-order valence-electron chi connectivity index (χ3n) is 18.0. The van der Waals surface area contributed by atoms with E-state index in [-0.39, 0.29) is 104 Å². The second kappa shape index (κ2) is 26.1. The van der Waals surface area contributed by atoms with Gasteiger partial charge in [0.1, 0.15) is 54.1 Å². The van der Waals surface area contributed by atoms with Crippen LogP contribution in [0.15, 0.2) is 59.0 Å². The molecule has 2 aromatic heterocycles. The number of β-amino-alcohol motifs (C(OH)–C–C–N with tert-alkyl or cyclic N) is 1. The van der Waals surface area contributed by atoms with E-state index < -0.39 is 52.8 Å². The van der Waals surface area contributed by atoms with Gasteiger partial charge in [0.2, 0.25) is 17.7 Å². The number of amides is 4. The molecule has 0 saturated carbocycles. The molecule has 5 aromatic rings. The number of aromatic nitrogens is 3. The van der Waals surface area contributed by atoms with Crippen LogP contribution in [0.5, 0.6) is 11.8 Å². The van der Waals surface area contributed by atoms with Crippen molar-refractivity contribution >= 4 is 70.0 Å². The number of aromatic hydroxyl groups is 1. The molecule has 5 aliphatic rings. The van der Waals surface area contributed by atoms with Gasteiger partial charge >= 0.3 is 12.1 Å². The summed E-state index contributed by atoms with van der Waals surface area (Å²) in [4.78, 5) is 79.7. The topological polar surface area (TPSA) is 236 Å². The lowest BCUT2D eigenvalue weighted by Gasteiger charge is -2.35. The lowest BCUT2D eigenvalue weighted by atomic mass is 9.85. The molecular formula is C64H81F2N11O8S. The summed E-state index contributed by atoms with van der Waals surface area (Å²) < 4.78 is 45.2. The number of alkyl carbamates (subject to hydrolysis) is 1. The Hall–Kier alpha value is -7.14. The van der Waals surface area contributed by atoms with Crippen LogP contribution in [-0.4, -0.2) is 153 Å². The molecular weight excluding hydrogens is 1120 g/mol. The first-order valence-corrected chi connectivity index (χ1v) is 31.1. The van der Waals surface area contributed by atoms with Gasteiger partial charge in [-0.15, -0.1) is 11.3 Å². The van der Waals surface area contributed by atoms with E-state index in [2.05, 4.69) is 47.8 Å².